The Balaban J connectivity index is 2.13. The number of nitrogens with one attached hydrogen (secondary N) is 1. The lowest BCUT2D eigenvalue weighted by molar-refractivity contribution is 0.111. The summed E-state index contributed by atoms with van der Waals surface area (Å²) in [6, 6.07) is 0. The molecule has 3 atom stereocenters. The minimum absolute atomic E-state index is 0.0494. The SMILES string of the molecule is CCOP1(=O)OC(c2ncn[nH]2)CCC1C. The van der Waals surface area contributed by atoms with Crippen LogP contribution in [0.3, 0.4) is 0 Å². The Hall–Kier alpha value is -0.710. The number of nitrogens with zero attached hydrogens (tertiary/aromatic N) is 2. The first-order valence-corrected chi connectivity index (χ1v) is 7.05. The highest BCUT2D eigenvalue weighted by molar-refractivity contribution is 7.54. The van der Waals surface area contributed by atoms with Crippen molar-refractivity contribution in [3.63, 3.8) is 0 Å². The second-order valence-corrected chi connectivity index (χ2v) is 6.28. The first-order chi connectivity index (χ1) is 7.65. The van der Waals surface area contributed by atoms with E-state index in [2.05, 4.69) is 15.2 Å². The molecule has 0 amide bonds. The summed E-state index contributed by atoms with van der Waals surface area (Å²) in [7, 11) is -2.99. The minimum Gasteiger partial charge on any atom is -0.309 e. The molecule has 1 saturated heterocycles. The molecule has 1 fully saturated rings. The Morgan fingerprint density at radius 3 is 3.12 bits per heavy atom. The van der Waals surface area contributed by atoms with Crippen molar-refractivity contribution < 1.29 is 13.6 Å². The van der Waals surface area contributed by atoms with Crippen molar-refractivity contribution in [3.05, 3.63) is 12.2 Å². The molecule has 2 heterocycles. The number of hydrogen-bond acceptors (Lipinski definition) is 5. The molecule has 3 unspecified atom stereocenters. The van der Waals surface area contributed by atoms with Crippen LogP contribution in [-0.2, 0) is 13.6 Å². The standard InChI is InChI=1S/C9H16N3O3P/c1-3-14-16(13)7(2)4-5-8(15-16)9-10-6-11-12-9/h6-8H,3-5H2,1-2H3,(H,10,11,12). The van der Waals surface area contributed by atoms with E-state index in [0.717, 1.165) is 12.8 Å². The van der Waals surface area contributed by atoms with Gasteiger partial charge in [-0.2, -0.15) is 5.10 Å². The Morgan fingerprint density at radius 1 is 1.69 bits per heavy atom. The van der Waals surface area contributed by atoms with Crippen molar-refractivity contribution in [2.45, 2.75) is 38.5 Å². The molecule has 1 aliphatic rings. The van der Waals surface area contributed by atoms with Crippen LogP contribution >= 0.6 is 7.60 Å². The maximum Gasteiger partial charge on any atom is 0.334 e. The van der Waals surface area contributed by atoms with Gasteiger partial charge in [0.2, 0.25) is 0 Å². The van der Waals surface area contributed by atoms with E-state index in [0.29, 0.717) is 12.4 Å². The first kappa shape index (κ1) is 11.8. The van der Waals surface area contributed by atoms with E-state index in [1.54, 1.807) is 0 Å². The van der Waals surface area contributed by atoms with Crippen molar-refractivity contribution in [3.8, 4) is 0 Å². The first-order valence-electron chi connectivity index (χ1n) is 5.43. The highest BCUT2D eigenvalue weighted by atomic mass is 31.2. The molecule has 0 saturated carbocycles. The van der Waals surface area contributed by atoms with Crippen molar-refractivity contribution in [2.75, 3.05) is 6.61 Å². The molecular weight excluding hydrogens is 229 g/mol. The summed E-state index contributed by atoms with van der Waals surface area (Å²) < 4.78 is 23.2. The molecule has 0 aromatic carbocycles. The van der Waals surface area contributed by atoms with Crippen LogP contribution in [0.5, 0.6) is 0 Å². The summed E-state index contributed by atoms with van der Waals surface area (Å²) in [6.07, 6.45) is 2.72. The van der Waals surface area contributed by atoms with Crippen molar-refractivity contribution in [1.29, 1.82) is 0 Å². The van der Waals surface area contributed by atoms with Gasteiger partial charge in [-0.25, -0.2) is 4.98 Å². The monoisotopic (exact) mass is 245 g/mol. The smallest absolute Gasteiger partial charge is 0.309 e. The van der Waals surface area contributed by atoms with E-state index in [9.17, 15) is 4.57 Å². The molecule has 1 N–H and O–H groups in total. The topological polar surface area (TPSA) is 77.1 Å². The van der Waals surface area contributed by atoms with Gasteiger partial charge in [-0.05, 0) is 19.8 Å². The van der Waals surface area contributed by atoms with Crippen LogP contribution in [0.25, 0.3) is 0 Å². The van der Waals surface area contributed by atoms with E-state index < -0.39 is 7.60 Å². The minimum atomic E-state index is -2.99. The Labute approximate surface area is 94.3 Å². The number of rotatable bonds is 3. The van der Waals surface area contributed by atoms with Crippen LogP contribution in [-0.4, -0.2) is 27.4 Å². The third-order valence-electron chi connectivity index (χ3n) is 2.71. The van der Waals surface area contributed by atoms with Gasteiger partial charge in [-0.3, -0.25) is 14.2 Å². The molecule has 0 radical (unpaired) electrons. The van der Waals surface area contributed by atoms with E-state index in [4.69, 9.17) is 9.05 Å². The lowest BCUT2D eigenvalue weighted by Gasteiger charge is -2.32. The van der Waals surface area contributed by atoms with Gasteiger partial charge in [-0.15, -0.1) is 0 Å². The molecule has 1 aliphatic heterocycles. The summed E-state index contributed by atoms with van der Waals surface area (Å²) in [5.74, 6) is 0.617. The molecular formula is C9H16N3O3P. The number of H-pyrrole nitrogens is 1. The molecule has 2 rings (SSSR count). The predicted octanol–water partition coefficient (Wildman–Crippen LogP) is 2.27. The second kappa shape index (κ2) is 4.65. The van der Waals surface area contributed by atoms with Gasteiger partial charge in [0, 0.05) is 0 Å². The van der Waals surface area contributed by atoms with Gasteiger partial charge in [0.15, 0.2) is 5.82 Å². The van der Waals surface area contributed by atoms with Gasteiger partial charge < -0.3 is 4.52 Å². The van der Waals surface area contributed by atoms with Crippen LogP contribution < -0.4 is 0 Å². The van der Waals surface area contributed by atoms with Crippen molar-refractivity contribution in [2.24, 2.45) is 0 Å². The van der Waals surface area contributed by atoms with Gasteiger partial charge in [0.05, 0.1) is 12.3 Å². The fraction of sp³-hybridized carbons (Fsp3) is 0.778. The van der Waals surface area contributed by atoms with E-state index >= 15 is 0 Å². The molecule has 0 spiro atoms. The molecule has 1 aromatic rings. The third-order valence-corrected chi connectivity index (χ3v) is 5.21. The van der Waals surface area contributed by atoms with Crippen LogP contribution in [0.15, 0.2) is 6.33 Å². The lowest BCUT2D eigenvalue weighted by atomic mass is 10.1. The number of aromatic nitrogens is 3. The normalized spacial score (nSPS) is 35.1. The highest BCUT2D eigenvalue weighted by Gasteiger charge is 2.40. The number of hydrogen-bond donors (Lipinski definition) is 1. The molecule has 1 aromatic heterocycles. The Bertz CT molecular complexity index is 381. The second-order valence-electron chi connectivity index (χ2n) is 3.85. The average Bonchev–Trinajstić information content (AvgIpc) is 2.76. The fourth-order valence-electron chi connectivity index (χ4n) is 1.78. The van der Waals surface area contributed by atoms with Gasteiger partial charge in [0.25, 0.3) is 0 Å². The largest absolute Gasteiger partial charge is 0.334 e. The Morgan fingerprint density at radius 2 is 2.50 bits per heavy atom. The molecule has 6 nitrogen and oxygen atoms in total. The zero-order chi connectivity index (χ0) is 11.6. The van der Waals surface area contributed by atoms with Crippen LogP contribution in [0, 0.1) is 0 Å². The summed E-state index contributed by atoms with van der Waals surface area (Å²) in [5.41, 5.74) is -0.0494. The van der Waals surface area contributed by atoms with Crippen LogP contribution in [0.1, 0.15) is 38.6 Å². The summed E-state index contributed by atoms with van der Waals surface area (Å²) in [4.78, 5) is 4.02. The summed E-state index contributed by atoms with van der Waals surface area (Å²) in [5, 5.41) is 6.50. The predicted molar refractivity (Wildman–Crippen MR) is 58.1 cm³/mol. The average molecular weight is 245 g/mol. The van der Waals surface area contributed by atoms with Crippen LogP contribution in [0.2, 0.25) is 0 Å². The van der Waals surface area contributed by atoms with E-state index in [-0.39, 0.29) is 11.8 Å². The van der Waals surface area contributed by atoms with Crippen molar-refractivity contribution in [1.82, 2.24) is 15.2 Å². The van der Waals surface area contributed by atoms with Gasteiger partial charge >= 0.3 is 7.60 Å². The lowest BCUT2D eigenvalue weighted by Crippen LogP contribution is -2.20. The fourth-order valence-corrected chi connectivity index (χ4v) is 3.69. The van der Waals surface area contributed by atoms with Crippen LogP contribution in [0.4, 0.5) is 0 Å². The molecule has 90 valence electrons. The summed E-state index contributed by atoms with van der Waals surface area (Å²) in [6.45, 7) is 4.10. The van der Waals surface area contributed by atoms with E-state index in [1.807, 2.05) is 13.8 Å². The number of aromatic amines is 1. The third kappa shape index (κ3) is 2.19. The summed E-state index contributed by atoms with van der Waals surface area (Å²) >= 11 is 0. The molecule has 0 aliphatic carbocycles. The van der Waals surface area contributed by atoms with Gasteiger partial charge in [-0.1, -0.05) is 6.92 Å². The quantitative estimate of drug-likeness (QED) is 0.826. The maximum atomic E-state index is 12.4. The van der Waals surface area contributed by atoms with Crippen molar-refractivity contribution >= 4 is 7.60 Å². The molecule has 7 heteroatoms. The maximum absolute atomic E-state index is 12.4. The Kier molecular flexibility index (Phi) is 3.42. The zero-order valence-electron chi connectivity index (χ0n) is 9.42. The molecule has 0 bridgehead atoms. The van der Waals surface area contributed by atoms with E-state index in [1.165, 1.54) is 6.33 Å². The molecule has 16 heavy (non-hydrogen) atoms. The highest BCUT2D eigenvalue weighted by Crippen LogP contribution is 2.61. The zero-order valence-corrected chi connectivity index (χ0v) is 10.3. The van der Waals surface area contributed by atoms with Gasteiger partial charge in [0.1, 0.15) is 12.4 Å².